The van der Waals surface area contributed by atoms with Crippen LogP contribution in [0, 0.1) is 0 Å². The highest BCUT2D eigenvalue weighted by Crippen LogP contribution is 2.40. The van der Waals surface area contributed by atoms with Crippen LogP contribution in [0.3, 0.4) is 0 Å². The molecule has 0 aliphatic carbocycles. The van der Waals surface area contributed by atoms with Crippen molar-refractivity contribution in [3.05, 3.63) is 23.9 Å². The number of anilines is 2. The van der Waals surface area contributed by atoms with Gasteiger partial charge >= 0.3 is 0 Å². The molecule has 0 amide bonds. The zero-order valence-corrected chi connectivity index (χ0v) is 15.7. The van der Waals surface area contributed by atoms with E-state index in [9.17, 15) is 4.39 Å². The number of hydrogen-bond acceptors (Lipinski definition) is 6. The number of allylic oxidation sites excluding steroid dienone is 1. The molecule has 2 aliphatic rings. The summed E-state index contributed by atoms with van der Waals surface area (Å²) in [4.78, 5) is 8.59. The number of ether oxygens (including phenoxy) is 1. The standard InChI is InChI=1S/C19H28FN5O/c1-23-16-4-7-25(17-5-6-24(2)11-14(17)20)18-9-19(26-3)15(22)8-12(18)13(16)10-21/h8-10,14,17H,4-7,11,21-22H2,1-3H3. The summed E-state index contributed by atoms with van der Waals surface area (Å²) in [7, 11) is 5.31. The summed E-state index contributed by atoms with van der Waals surface area (Å²) in [5.74, 6) is 0.588. The van der Waals surface area contributed by atoms with Crippen LogP contribution in [0.1, 0.15) is 18.4 Å². The van der Waals surface area contributed by atoms with E-state index in [0.717, 1.165) is 35.5 Å². The molecular weight excluding hydrogens is 333 g/mol. The smallest absolute Gasteiger partial charge is 0.143 e. The Hall–Kier alpha value is -2.28. The van der Waals surface area contributed by atoms with Gasteiger partial charge in [-0.1, -0.05) is 0 Å². The molecule has 0 aromatic heterocycles. The van der Waals surface area contributed by atoms with E-state index < -0.39 is 6.17 Å². The summed E-state index contributed by atoms with van der Waals surface area (Å²) in [6.45, 7) is 1.99. The van der Waals surface area contributed by atoms with E-state index >= 15 is 0 Å². The second-order valence-electron chi connectivity index (χ2n) is 6.94. The maximum atomic E-state index is 14.9. The molecule has 3 rings (SSSR count). The third-order valence-corrected chi connectivity index (χ3v) is 5.40. The summed E-state index contributed by atoms with van der Waals surface area (Å²) in [6.07, 6.45) is 2.12. The highest BCUT2D eigenvalue weighted by atomic mass is 19.1. The Morgan fingerprint density at radius 2 is 2.12 bits per heavy atom. The van der Waals surface area contributed by atoms with E-state index in [1.54, 1.807) is 20.4 Å². The molecule has 2 aliphatic heterocycles. The maximum absolute atomic E-state index is 14.9. The first-order valence-electron chi connectivity index (χ1n) is 8.95. The van der Waals surface area contributed by atoms with E-state index in [0.29, 0.717) is 30.9 Å². The normalized spacial score (nSPS) is 27.5. The molecule has 0 radical (unpaired) electrons. The number of methoxy groups -OCH3 is 1. The number of hydrogen-bond donors (Lipinski definition) is 2. The Balaban J connectivity index is 2.13. The van der Waals surface area contributed by atoms with Crippen LogP contribution in [0.5, 0.6) is 5.75 Å². The Morgan fingerprint density at radius 3 is 2.73 bits per heavy atom. The molecule has 142 valence electrons. The second-order valence-corrected chi connectivity index (χ2v) is 6.94. The van der Waals surface area contributed by atoms with Crippen molar-refractivity contribution in [2.75, 3.05) is 51.5 Å². The lowest BCUT2D eigenvalue weighted by Crippen LogP contribution is -2.52. The van der Waals surface area contributed by atoms with Gasteiger partial charge in [-0.05, 0) is 19.5 Å². The molecule has 2 heterocycles. The molecule has 2 atom stereocenters. The molecule has 7 heteroatoms. The molecule has 1 saturated heterocycles. The molecule has 0 saturated carbocycles. The first kappa shape index (κ1) is 18.5. The number of nitrogens with zero attached hydrogens (tertiary/aromatic N) is 3. The van der Waals surface area contributed by atoms with Crippen molar-refractivity contribution in [3.63, 3.8) is 0 Å². The number of rotatable bonds is 2. The highest BCUT2D eigenvalue weighted by molar-refractivity contribution is 6.26. The number of fused-ring (bicyclic) bond motifs is 1. The quantitative estimate of drug-likeness (QED) is 0.787. The third kappa shape index (κ3) is 3.23. The van der Waals surface area contributed by atoms with Gasteiger partial charge in [0, 0.05) is 67.9 Å². The number of aliphatic imine (C=N–C) groups is 1. The number of alkyl halides is 1. The molecule has 0 bridgehead atoms. The van der Waals surface area contributed by atoms with Crippen LogP contribution in [0.2, 0.25) is 0 Å². The van der Waals surface area contributed by atoms with Crippen LogP contribution >= 0.6 is 0 Å². The fraction of sp³-hybridized carbons (Fsp3) is 0.526. The summed E-state index contributed by atoms with van der Waals surface area (Å²) >= 11 is 0. The fourth-order valence-corrected chi connectivity index (χ4v) is 4.01. The summed E-state index contributed by atoms with van der Waals surface area (Å²) in [5, 5.41) is 0. The van der Waals surface area contributed by atoms with Crippen molar-refractivity contribution in [2.24, 2.45) is 10.7 Å². The van der Waals surface area contributed by atoms with Crippen LogP contribution in [0.4, 0.5) is 15.8 Å². The zero-order chi connectivity index (χ0) is 18.8. The lowest BCUT2D eigenvalue weighted by molar-refractivity contribution is 0.136. The number of piperidine rings is 1. The van der Waals surface area contributed by atoms with Crippen molar-refractivity contribution in [1.29, 1.82) is 0 Å². The first-order valence-corrected chi connectivity index (χ1v) is 8.95. The number of likely N-dealkylation sites (tertiary alicyclic amines) is 1. The number of benzene rings is 1. The van der Waals surface area contributed by atoms with Crippen LogP contribution < -0.4 is 21.1 Å². The first-order chi connectivity index (χ1) is 12.5. The average molecular weight is 361 g/mol. The van der Waals surface area contributed by atoms with Crippen molar-refractivity contribution >= 4 is 22.7 Å². The second kappa shape index (κ2) is 7.53. The van der Waals surface area contributed by atoms with Gasteiger partial charge in [0.15, 0.2) is 0 Å². The van der Waals surface area contributed by atoms with Gasteiger partial charge in [0.1, 0.15) is 11.9 Å². The van der Waals surface area contributed by atoms with Crippen molar-refractivity contribution < 1.29 is 9.13 Å². The Kier molecular flexibility index (Phi) is 5.36. The molecule has 0 spiro atoms. The van der Waals surface area contributed by atoms with E-state index in [1.165, 1.54) is 0 Å². The molecule has 6 nitrogen and oxygen atoms in total. The average Bonchev–Trinajstić information content (AvgIpc) is 2.77. The monoisotopic (exact) mass is 361 g/mol. The molecular formula is C19H28FN5O. The topological polar surface area (TPSA) is 80.1 Å². The molecule has 1 fully saturated rings. The van der Waals surface area contributed by atoms with Gasteiger partial charge in [-0.15, -0.1) is 0 Å². The Bertz CT molecular complexity index is 733. The van der Waals surface area contributed by atoms with Gasteiger partial charge in [-0.2, -0.15) is 0 Å². The minimum Gasteiger partial charge on any atom is -0.495 e. The van der Waals surface area contributed by atoms with E-state index in [4.69, 9.17) is 16.2 Å². The van der Waals surface area contributed by atoms with Crippen LogP contribution in [-0.2, 0) is 0 Å². The molecule has 4 N–H and O–H groups in total. The number of halogens is 1. The Morgan fingerprint density at radius 1 is 1.35 bits per heavy atom. The minimum absolute atomic E-state index is 0.187. The van der Waals surface area contributed by atoms with E-state index in [-0.39, 0.29) is 6.04 Å². The third-order valence-electron chi connectivity index (χ3n) is 5.40. The van der Waals surface area contributed by atoms with Gasteiger partial charge in [-0.3, -0.25) is 4.99 Å². The van der Waals surface area contributed by atoms with Gasteiger partial charge in [0.2, 0.25) is 0 Å². The number of nitrogens with two attached hydrogens (primary N) is 2. The molecule has 2 unspecified atom stereocenters. The predicted octanol–water partition coefficient (Wildman–Crippen LogP) is 1.90. The zero-order valence-electron chi connectivity index (χ0n) is 15.7. The van der Waals surface area contributed by atoms with Crippen LogP contribution in [0.15, 0.2) is 23.3 Å². The van der Waals surface area contributed by atoms with E-state index in [1.807, 2.05) is 24.1 Å². The molecule has 1 aromatic carbocycles. The Labute approximate surface area is 154 Å². The lowest BCUT2D eigenvalue weighted by atomic mass is 9.97. The van der Waals surface area contributed by atoms with E-state index in [2.05, 4.69) is 9.89 Å². The van der Waals surface area contributed by atoms with Crippen LogP contribution in [0.25, 0.3) is 5.57 Å². The van der Waals surface area contributed by atoms with Gasteiger partial charge in [-0.25, -0.2) is 4.39 Å². The maximum Gasteiger partial charge on any atom is 0.143 e. The van der Waals surface area contributed by atoms with Gasteiger partial charge < -0.3 is 26.0 Å². The molecule has 26 heavy (non-hydrogen) atoms. The molecule has 1 aromatic rings. The van der Waals surface area contributed by atoms with Crippen molar-refractivity contribution in [3.8, 4) is 5.75 Å². The highest BCUT2D eigenvalue weighted by Gasteiger charge is 2.35. The fourth-order valence-electron chi connectivity index (χ4n) is 4.01. The van der Waals surface area contributed by atoms with Crippen LogP contribution in [-0.4, -0.2) is 63.7 Å². The largest absolute Gasteiger partial charge is 0.495 e. The SMILES string of the molecule is CN=C1CCN(C2CCN(C)CC2F)c2cc(OC)c(N)cc2C1=CN. The number of nitrogen functional groups attached to an aromatic ring is 1. The summed E-state index contributed by atoms with van der Waals surface area (Å²) in [6, 6.07) is 3.57. The minimum atomic E-state index is -0.921. The summed E-state index contributed by atoms with van der Waals surface area (Å²) in [5.41, 5.74) is 16.2. The lowest BCUT2D eigenvalue weighted by Gasteiger charge is -2.41. The predicted molar refractivity (Wildman–Crippen MR) is 106 cm³/mol. The summed E-state index contributed by atoms with van der Waals surface area (Å²) < 4.78 is 20.3. The van der Waals surface area contributed by atoms with Gasteiger partial charge in [0.25, 0.3) is 0 Å². The van der Waals surface area contributed by atoms with Crippen molar-refractivity contribution in [2.45, 2.75) is 25.1 Å². The van der Waals surface area contributed by atoms with Crippen molar-refractivity contribution in [1.82, 2.24) is 4.90 Å². The van der Waals surface area contributed by atoms with Gasteiger partial charge in [0.05, 0.1) is 18.8 Å².